The fourth-order valence-corrected chi connectivity index (χ4v) is 7.79. The molecule has 3 aliphatic heterocycles. The van der Waals surface area contributed by atoms with Gasteiger partial charge in [-0.1, -0.05) is 30.3 Å². The summed E-state index contributed by atoms with van der Waals surface area (Å²) in [6, 6.07) is 8.74. The highest BCUT2D eigenvalue weighted by Gasteiger charge is 2.60. The SMILES string of the molecule is CO[C@H]1OC(C(COC(C)=O)OC(C)=O)[C@@H](OC2OC(COC(C)=O)C(O[C@@H]3OC(COC(C)=O)[C@H](OC(C)=O)C(OC(C)=O)C3OC(C)=O)C(OC(C)=O)C2OC(C)=O)C(O)C1OCc1ccccc1. The van der Waals surface area contributed by atoms with Crippen molar-refractivity contribution in [2.24, 2.45) is 0 Å². The predicted octanol–water partition coefficient (Wildman–Crippen LogP) is -0.196. The van der Waals surface area contributed by atoms with Crippen molar-refractivity contribution in [3.8, 4) is 0 Å². The number of esters is 9. The first kappa shape index (κ1) is 57.7. The lowest BCUT2D eigenvalue weighted by Gasteiger charge is -2.50. The number of hydrogen-bond acceptors (Lipinski definition) is 26. The molecule has 396 valence electrons. The molecule has 16 atom stereocenters. The van der Waals surface area contributed by atoms with Crippen LogP contribution in [0.4, 0.5) is 0 Å². The number of aliphatic hydroxyl groups excluding tert-OH is 1. The molecule has 0 amide bonds. The maximum absolute atomic E-state index is 13.1. The van der Waals surface area contributed by atoms with E-state index in [0.29, 0.717) is 5.56 Å². The van der Waals surface area contributed by atoms with Gasteiger partial charge in [-0.05, 0) is 5.56 Å². The van der Waals surface area contributed by atoms with Crippen LogP contribution >= 0.6 is 0 Å². The monoisotopic (exact) mass is 1020 g/mol. The Kier molecular flexibility index (Phi) is 22.0. The molecule has 3 aliphatic rings. The summed E-state index contributed by atoms with van der Waals surface area (Å²) in [5.41, 5.74) is 0.660. The molecule has 12 unspecified atom stereocenters. The van der Waals surface area contributed by atoms with Gasteiger partial charge in [-0.25, -0.2) is 0 Å². The van der Waals surface area contributed by atoms with E-state index in [4.69, 9.17) is 75.8 Å². The van der Waals surface area contributed by atoms with Crippen LogP contribution in [0.3, 0.4) is 0 Å². The van der Waals surface area contributed by atoms with Gasteiger partial charge < -0.3 is 80.9 Å². The summed E-state index contributed by atoms with van der Waals surface area (Å²) in [6.45, 7) is 6.92. The second-order valence-corrected chi connectivity index (χ2v) is 16.2. The van der Waals surface area contributed by atoms with Gasteiger partial charge in [0.15, 0.2) is 55.5 Å². The second kappa shape index (κ2) is 27.1. The highest BCUT2D eigenvalue weighted by atomic mass is 16.8. The minimum Gasteiger partial charge on any atom is -0.463 e. The van der Waals surface area contributed by atoms with Crippen molar-refractivity contribution < 1.29 is 124 Å². The van der Waals surface area contributed by atoms with Crippen LogP contribution in [0.2, 0.25) is 0 Å². The van der Waals surface area contributed by atoms with E-state index in [0.717, 1.165) is 62.3 Å². The van der Waals surface area contributed by atoms with Crippen molar-refractivity contribution in [3.05, 3.63) is 35.9 Å². The van der Waals surface area contributed by atoms with Crippen LogP contribution in [0.25, 0.3) is 0 Å². The van der Waals surface area contributed by atoms with Gasteiger partial charge in [0.25, 0.3) is 0 Å². The molecule has 1 aromatic carbocycles. The quantitative estimate of drug-likeness (QED) is 0.123. The molecular formula is C45H60O26. The lowest BCUT2D eigenvalue weighted by molar-refractivity contribution is -0.383. The minimum atomic E-state index is -2.01. The molecule has 3 saturated heterocycles. The van der Waals surface area contributed by atoms with E-state index in [-0.39, 0.29) is 6.61 Å². The van der Waals surface area contributed by atoms with E-state index in [1.807, 2.05) is 0 Å². The first-order valence-corrected chi connectivity index (χ1v) is 22.1. The van der Waals surface area contributed by atoms with E-state index < -0.39 is 172 Å². The second-order valence-electron chi connectivity index (χ2n) is 16.2. The van der Waals surface area contributed by atoms with Crippen LogP contribution < -0.4 is 0 Å². The predicted molar refractivity (Wildman–Crippen MR) is 227 cm³/mol. The van der Waals surface area contributed by atoms with Crippen molar-refractivity contribution in [2.75, 3.05) is 26.9 Å². The number of aliphatic hydroxyl groups is 1. The molecular weight excluding hydrogens is 956 g/mol. The highest BCUT2D eigenvalue weighted by Crippen LogP contribution is 2.38. The van der Waals surface area contributed by atoms with Crippen molar-refractivity contribution in [2.45, 2.75) is 167 Å². The van der Waals surface area contributed by atoms with E-state index in [1.165, 1.54) is 7.11 Å². The zero-order valence-electron chi connectivity index (χ0n) is 40.6. The first-order chi connectivity index (χ1) is 33.5. The maximum Gasteiger partial charge on any atom is 0.303 e. The van der Waals surface area contributed by atoms with Gasteiger partial charge in [0, 0.05) is 69.4 Å². The van der Waals surface area contributed by atoms with Crippen LogP contribution in [0, 0.1) is 0 Å². The number of rotatable bonds is 21. The fraction of sp³-hybridized carbons (Fsp3) is 0.667. The number of methoxy groups -OCH3 is 1. The van der Waals surface area contributed by atoms with Crippen molar-refractivity contribution in [3.63, 3.8) is 0 Å². The third-order valence-electron chi connectivity index (χ3n) is 10.4. The molecule has 3 fully saturated rings. The van der Waals surface area contributed by atoms with Gasteiger partial charge in [-0.3, -0.25) is 43.2 Å². The Labute approximate surface area is 407 Å². The molecule has 3 heterocycles. The molecule has 1 N–H and O–H groups in total. The topological polar surface area (TPSA) is 322 Å². The smallest absolute Gasteiger partial charge is 0.303 e. The molecule has 26 heteroatoms. The largest absolute Gasteiger partial charge is 0.463 e. The zero-order valence-corrected chi connectivity index (χ0v) is 40.6. The van der Waals surface area contributed by atoms with Crippen molar-refractivity contribution in [1.29, 1.82) is 0 Å². The zero-order chi connectivity index (χ0) is 52.7. The van der Waals surface area contributed by atoms with Gasteiger partial charge in [0.2, 0.25) is 0 Å². The van der Waals surface area contributed by atoms with Crippen molar-refractivity contribution in [1.82, 2.24) is 0 Å². The summed E-state index contributed by atoms with van der Waals surface area (Å²) < 4.78 is 92.6. The number of carbonyl (C=O) groups is 9. The average Bonchev–Trinajstić information content (AvgIpc) is 3.27. The summed E-state index contributed by atoms with van der Waals surface area (Å²) in [7, 11) is 1.23. The standard InChI is InChI=1S/C45H60O26/c1-20(46)57-17-30(61-23(4)49)34-37(33(55)38(43(56-10)69-34)60-16-29-14-12-11-13-15-29)71-45-42(66-28(9)54)40(64-26(7)52)36(32(68-45)19-59-22(3)48)70-44-41(65-27(8)53)39(63-25(6)51)35(62-24(5)50)31(67-44)18-58-21(2)47/h11-15,30-45,55H,16-19H2,1-10H3/t30?,31?,32?,33?,34?,35-,36?,37-,38?,39?,40?,41?,42?,43-,44-,45?/m0/s1. The Morgan fingerprint density at radius 2 is 0.930 bits per heavy atom. The van der Waals surface area contributed by atoms with E-state index in [9.17, 15) is 48.3 Å². The third-order valence-corrected chi connectivity index (χ3v) is 10.4. The third kappa shape index (κ3) is 17.2. The molecule has 0 saturated carbocycles. The van der Waals surface area contributed by atoms with Gasteiger partial charge in [0.1, 0.15) is 62.5 Å². The highest BCUT2D eigenvalue weighted by molar-refractivity contribution is 5.70. The van der Waals surface area contributed by atoms with Crippen LogP contribution in [0.1, 0.15) is 67.9 Å². The molecule has 0 spiro atoms. The molecule has 4 rings (SSSR count). The molecule has 0 radical (unpaired) electrons. The Bertz CT molecular complexity index is 2010. The van der Waals surface area contributed by atoms with Crippen LogP contribution in [-0.2, 0) is 126 Å². The number of hydrogen-bond donors (Lipinski definition) is 1. The number of benzene rings is 1. The Balaban J connectivity index is 1.90. The molecule has 0 aromatic heterocycles. The van der Waals surface area contributed by atoms with Gasteiger partial charge in [-0.2, -0.15) is 0 Å². The Hall–Kier alpha value is -5.87. The van der Waals surface area contributed by atoms with E-state index >= 15 is 0 Å². The lowest BCUT2D eigenvalue weighted by atomic mass is 9.93. The van der Waals surface area contributed by atoms with Gasteiger partial charge >= 0.3 is 53.7 Å². The fourth-order valence-electron chi connectivity index (χ4n) is 7.79. The van der Waals surface area contributed by atoms with Gasteiger partial charge in [0.05, 0.1) is 6.61 Å². The Morgan fingerprint density at radius 3 is 1.38 bits per heavy atom. The molecule has 0 aliphatic carbocycles. The normalized spacial score (nSPS) is 30.8. The maximum atomic E-state index is 13.1. The average molecular weight is 1020 g/mol. The minimum absolute atomic E-state index is 0.114. The number of carbonyl (C=O) groups excluding carboxylic acids is 9. The van der Waals surface area contributed by atoms with Crippen molar-refractivity contribution >= 4 is 53.7 Å². The molecule has 71 heavy (non-hydrogen) atoms. The summed E-state index contributed by atoms with van der Waals surface area (Å²) in [5.74, 6) is -8.37. The summed E-state index contributed by atoms with van der Waals surface area (Å²) >= 11 is 0. The van der Waals surface area contributed by atoms with E-state index in [1.54, 1.807) is 30.3 Å². The summed E-state index contributed by atoms with van der Waals surface area (Å²) in [6.07, 6.45) is -27.8. The molecule has 26 nitrogen and oxygen atoms in total. The van der Waals surface area contributed by atoms with E-state index in [2.05, 4.69) is 0 Å². The van der Waals surface area contributed by atoms with Crippen LogP contribution in [0.5, 0.6) is 0 Å². The molecule has 0 bridgehead atoms. The first-order valence-electron chi connectivity index (χ1n) is 22.1. The lowest BCUT2D eigenvalue weighted by Crippen LogP contribution is -2.69. The number of ether oxygens (including phenoxy) is 16. The summed E-state index contributed by atoms with van der Waals surface area (Å²) in [5, 5.41) is 12.3. The van der Waals surface area contributed by atoms with Crippen LogP contribution in [0.15, 0.2) is 30.3 Å². The molecule has 1 aromatic rings. The van der Waals surface area contributed by atoms with Gasteiger partial charge in [-0.15, -0.1) is 0 Å². The van der Waals surface area contributed by atoms with Crippen LogP contribution in [-0.4, -0.2) is 184 Å². The summed E-state index contributed by atoms with van der Waals surface area (Å²) in [4.78, 5) is 113. The Morgan fingerprint density at radius 1 is 0.493 bits per heavy atom.